The molecule has 2 N–H and O–H groups in total. The van der Waals surface area contributed by atoms with Gasteiger partial charge < -0.3 is 14.9 Å². The standard InChI is InChI=1S/C30H37NO3/c32-22-7-10-29(24-8-3-1-4-9-24)30(25-11-15-27(33)16-12-25)26-13-17-28(18-14-26)34-23-21-31-19-5-2-6-20-31/h3,8-9,11-18,32-33H,1-2,4-7,10,19-23H2/b30-29-. The van der Waals surface area contributed by atoms with Crippen LogP contribution in [0, 0.1) is 0 Å². The minimum absolute atomic E-state index is 0.160. The average Bonchev–Trinajstić information content (AvgIpc) is 2.89. The summed E-state index contributed by atoms with van der Waals surface area (Å²) in [5.74, 6) is 1.15. The van der Waals surface area contributed by atoms with Crippen molar-refractivity contribution in [1.29, 1.82) is 0 Å². The number of rotatable bonds is 10. The van der Waals surface area contributed by atoms with Crippen LogP contribution in [0.3, 0.4) is 0 Å². The molecule has 2 aromatic rings. The molecule has 1 aliphatic heterocycles. The maximum atomic E-state index is 9.86. The minimum Gasteiger partial charge on any atom is -0.508 e. The molecule has 1 saturated heterocycles. The summed E-state index contributed by atoms with van der Waals surface area (Å²) in [6, 6.07) is 15.8. The lowest BCUT2D eigenvalue weighted by Crippen LogP contribution is -2.33. The van der Waals surface area contributed by atoms with Crippen LogP contribution in [0.1, 0.15) is 56.1 Å². The largest absolute Gasteiger partial charge is 0.508 e. The van der Waals surface area contributed by atoms with E-state index in [-0.39, 0.29) is 12.4 Å². The number of hydrogen-bond acceptors (Lipinski definition) is 4. The van der Waals surface area contributed by atoms with Gasteiger partial charge in [-0.2, -0.15) is 0 Å². The van der Waals surface area contributed by atoms with Gasteiger partial charge in [-0.15, -0.1) is 0 Å². The minimum atomic E-state index is 0.160. The van der Waals surface area contributed by atoms with Crippen LogP contribution in [0.25, 0.3) is 5.57 Å². The maximum absolute atomic E-state index is 9.86. The van der Waals surface area contributed by atoms with E-state index >= 15 is 0 Å². The molecule has 0 saturated carbocycles. The molecule has 0 unspecified atom stereocenters. The molecule has 2 aromatic carbocycles. The number of hydrogen-bond donors (Lipinski definition) is 2. The van der Waals surface area contributed by atoms with Gasteiger partial charge in [-0.3, -0.25) is 4.90 Å². The summed E-state index contributed by atoms with van der Waals surface area (Å²) in [4.78, 5) is 2.49. The molecule has 0 bridgehead atoms. The third kappa shape index (κ3) is 6.62. The molecular weight excluding hydrogens is 422 g/mol. The number of phenols is 1. The van der Waals surface area contributed by atoms with E-state index in [1.807, 2.05) is 12.1 Å². The highest BCUT2D eigenvalue weighted by Gasteiger charge is 2.16. The number of allylic oxidation sites excluding steroid dienone is 5. The van der Waals surface area contributed by atoms with Crippen LogP contribution in [0.5, 0.6) is 11.5 Å². The first-order chi connectivity index (χ1) is 16.7. The molecule has 1 aliphatic carbocycles. The Bertz CT molecular complexity index is 996. The number of aromatic hydroxyl groups is 1. The number of likely N-dealkylation sites (tertiary alicyclic amines) is 1. The number of aliphatic hydroxyl groups excluding tert-OH is 1. The van der Waals surface area contributed by atoms with Crippen molar-refractivity contribution in [3.05, 3.63) is 89.0 Å². The third-order valence-electron chi connectivity index (χ3n) is 6.65. The summed E-state index contributed by atoms with van der Waals surface area (Å²) in [5.41, 5.74) is 5.77. The molecular formula is C30H37NO3. The van der Waals surface area contributed by atoms with Crippen LogP contribution >= 0.6 is 0 Å². The Kier molecular flexibility index (Phi) is 9.00. The van der Waals surface area contributed by atoms with Crippen LogP contribution in [0.4, 0.5) is 0 Å². The molecule has 34 heavy (non-hydrogen) atoms. The highest BCUT2D eigenvalue weighted by Crippen LogP contribution is 2.36. The maximum Gasteiger partial charge on any atom is 0.119 e. The van der Waals surface area contributed by atoms with Crippen LogP contribution in [0.15, 0.2) is 77.9 Å². The lowest BCUT2D eigenvalue weighted by Gasteiger charge is -2.26. The van der Waals surface area contributed by atoms with E-state index in [9.17, 15) is 10.2 Å². The fourth-order valence-corrected chi connectivity index (χ4v) is 4.84. The summed E-state index contributed by atoms with van der Waals surface area (Å²) >= 11 is 0. The first-order valence-corrected chi connectivity index (χ1v) is 12.7. The van der Waals surface area contributed by atoms with Gasteiger partial charge in [-0.25, -0.2) is 0 Å². The smallest absolute Gasteiger partial charge is 0.119 e. The lowest BCUT2D eigenvalue weighted by molar-refractivity contribution is 0.183. The van der Waals surface area contributed by atoms with Crippen molar-refractivity contribution in [1.82, 2.24) is 4.90 Å². The van der Waals surface area contributed by atoms with Crippen molar-refractivity contribution in [2.75, 3.05) is 32.8 Å². The van der Waals surface area contributed by atoms with E-state index < -0.39 is 0 Å². The van der Waals surface area contributed by atoms with Crippen molar-refractivity contribution in [2.24, 2.45) is 0 Å². The van der Waals surface area contributed by atoms with Crippen molar-refractivity contribution >= 4 is 5.57 Å². The zero-order valence-corrected chi connectivity index (χ0v) is 20.1. The normalized spacial score (nSPS) is 17.3. The summed E-state index contributed by atoms with van der Waals surface area (Å²) in [6.07, 6.45) is 14.3. The van der Waals surface area contributed by atoms with E-state index in [0.717, 1.165) is 48.3 Å². The van der Waals surface area contributed by atoms with Crippen molar-refractivity contribution < 1.29 is 14.9 Å². The van der Waals surface area contributed by atoms with Crippen LogP contribution in [0.2, 0.25) is 0 Å². The van der Waals surface area contributed by atoms with E-state index in [1.54, 1.807) is 12.1 Å². The quantitative estimate of drug-likeness (QED) is 0.450. The second-order valence-corrected chi connectivity index (χ2v) is 9.14. The second-order valence-electron chi connectivity index (χ2n) is 9.14. The predicted molar refractivity (Wildman–Crippen MR) is 139 cm³/mol. The summed E-state index contributed by atoms with van der Waals surface area (Å²) in [7, 11) is 0. The monoisotopic (exact) mass is 459 g/mol. The Balaban J connectivity index is 1.60. The van der Waals surface area contributed by atoms with Crippen LogP contribution in [-0.4, -0.2) is 48.0 Å². The third-order valence-corrected chi connectivity index (χ3v) is 6.65. The molecule has 180 valence electrons. The van der Waals surface area contributed by atoms with Crippen LogP contribution in [-0.2, 0) is 0 Å². The SMILES string of the molecule is OCCC/C(C1=CCCC=C1)=C(\c1ccc(O)cc1)c1ccc(OCCN2CCCCC2)cc1. The number of phenolic OH excluding ortho intramolecular Hbond substituents is 1. The average molecular weight is 460 g/mol. The van der Waals surface area contributed by atoms with E-state index in [4.69, 9.17) is 4.74 Å². The summed E-state index contributed by atoms with van der Waals surface area (Å²) < 4.78 is 6.06. The van der Waals surface area contributed by atoms with Crippen LogP contribution < -0.4 is 4.74 Å². The zero-order chi connectivity index (χ0) is 23.6. The predicted octanol–water partition coefficient (Wildman–Crippen LogP) is 6.11. The van der Waals surface area contributed by atoms with Gasteiger partial charge in [0, 0.05) is 13.2 Å². The molecule has 1 heterocycles. The summed E-state index contributed by atoms with van der Waals surface area (Å²) in [6.45, 7) is 4.22. The second kappa shape index (κ2) is 12.6. The van der Waals surface area contributed by atoms with Gasteiger partial charge in [-0.1, -0.05) is 48.9 Å². The molecule has 4 nitrogen and oxygen atoms in total. The highest BCUT2D eigenvalue weighted by atomic mass is 16.5. The fourth-order valence-electron chi connectivity index (χ4n) is 4.84. The van der Waals surface area contributed by atoms with Gasteiger partial charge in [0.1, 0.15) is 18.1 Å². The zero-order valence-electron chi connectivity index (χ0n) is 20.1. The van der Waals surface area contributed by atoms with Gasteiger partial charge in [0.2, 0.25) is 0 Å². The molecule has 4 rings (SSSR count). The molecule has 0 atom stereocenters. The van der Waals surface area contributed by atoms with Gasteiger partial charge in [0.15, 0.2) is 0 Å². The Hall–Kier alpha value is -2.82. The molecule has 0 amide bonds. The first-order valence-electron chi connectivity index (χ1n) is 12.7. The number of piperidine rings is 1. The highest BCUT2D eigenvalue weighted by molar-refractivity contribution is 5.85. The number of aliphatic hydroxyl groups is 1. The van der Waals surface area contributed by atoms with Gasteiger partial charge in [0.05, 0.1) is 0 Å². The molecule has 0 radical (unpaired) electrons. The molecule has 4 heteroatoms. The molecule has 0 aromatic heterocycles. The van der Waals surface area contributed by atoms with Crippen molar-refractivity contribution in [2.45, 2.75) is 44.9 Å². The molecule has 2 aliphatic rings. The lowest BCUT2D eigenvalue weighted by atomic mass is 9.85. The summed E-state index contributed by atoms with van der Waals surface area (Å²) in [5, 5.41) is 19.4. The Morgan fingerprint density at radius 1 is 0.882 bits per heavy atom. The Labute approximate surface area is 203 Å². The van der Waals surface area contributed by atoms with Gasteiger partial charge in [-0.05, 0) is 104 Å². The Morgan fingerprint density at radius 3 is 2.24 bits per heavy atom. The molecule has 0 spiro atoms. The topological polar surface area (TPSA) is 52.9 Å². The number of ether oxygens (including phenoxy) is 1. The van der Waals surface area contributed by atoms with E-state index in [0.29, 0.717) is 13.0 Å². The first kappa shape index (κ1) is 24.3. The van der Waals surface area contributed by atoms with Crippen molar-refractivity contribution in [3.8, 4) is 11.5 Å². The van der Waals surface area contributed by atoms with Gasteiger partial charge in [0.25, 0.3) is 0 Å². The molecule has 1 fully saturated rings. The van der Waals surface area contributed by atoms with Gasteiger partial charge >= 0.3 is 0 Å². The Morgan fingerprint density at radius 2 is 1.59 bits per heavy atom. The number of benzene rings is 2. The number of nitrogens with zero attached hydrogens (tertiary/aromatic N) is 1. The van der Waals surface area contributed by atoms with E-state index in [1.165, 1.54) is 43.5 Å². The fraction of sp³-hybridized carbons (Fsp3) is 0.400. The van der Waals surface area contributed by atoms with E-state index in [2.05, 4.69) is 47.4 Å². The van der Waals surface area contributed by atoms with Crippen molar-refractivity contribution in [3.63, 3.8) is 0 Å².